The summed E-state index contributed by atoms with van der Waals surface area (Å²) in [6.07, 6.45) is 2.84. The highest BCUT2D eigenvalue weighted by atomic mass is 35.5. The molecule has 1 atom stereocenters. The lowest BCUT2D eigenvalue weighted by Gasteiger charge is -2.17. The van der Waals surface area contributed by atoms with E-state index in [0.717, 1.165) is 25.0 Å². The number of nitrogens with one attached hydrogen (secondary N) is 2. The summed E-state index contributed by atoms with van der Waals surface area (Å²) < 4.78 is 12.9. The monoisotopic (exact) mass is 342 g/mol. The molecule has 0 aromatic heterocycles. The number of aliphatic hydroxyl groups excluding tert-OH is 1. The van der Waals surface area contributed by atoms with Gasteiger partial charge < -0.3 is 15.7 Å². The lowest BCUT2D eigenvalue weighted by atomic mass is 10.1. The van der Waals surface area contributed by atoms with E-state index < -0.39 is 11.7 Å². The Hall–Kier alpha value is -1.66. The third kappa shape index (κ3) is 5.48. The second-order valence-electron chi connectivity index (χ2n) is 5.65. The molecule has 7 heteroatoms. The van der Waals surface area contributed by atoms with Gasteiger partial charge in [0.2, 0.25) is 5.91 Å². The van der Waals surface area contributed by atoms with E-state index in [-0.39, 0.29) is 42.1 Å². The van der Waals surface area contributed by atoms with Crippen LogP contribution in [0.1, 0.15) is 36.0 Å². The number of carbonyl (C=O) groups is 2. The fraction of sp³-hybridized carbons (Fsp3) is 0.500. The number of halogens is 2. The molecule has 2 amide bonds. The average molecular weight is 343 g/mol. The van der Waals surface area contributed by atoms with Crippen molar-refractivity contribution in [3.63, 3.8) is 0 Å². The SMILES string of the molecule is O=C(CCNC(=O)c1ccc(F)cc1Cl)NC(CCO)C1CC1. The van der Waals surface area contributed by atoms with Crippen molar-refractivity contribution >= 4 is 23.4 Å². The van der Waals surface area contributed by atoms with Gasteiger partial charge in [0, 0.05) is 25.6 Å². The third-order valence-corrected chi connectivity index (χ3v) is 4.10. The van der Waals surface area contributed by atoms with E-state index in [1.54, 1.807) is 0 Å². The Labute approximate surface area is 139 Å². The molecular weight excluding hydrogens is 323 g/mol. The van der Waals surface area contributed by atoms with Crippen LogP contribution in [0.2, 0.25) is 5.02 Å². The molecule has 0 spiro atoms. The van der Waals surface area contributed by atoms with Crippen LogP contribution in [0, 0.1) is 11.7 Å². The van der Waals surface area contributed by atoms with Crippen LogP contribution in [-0.4, -0.2) is 36.1 Å². The second-order valence-corrected chi connectivity index (χ2v) is 6.06. The quantitative estimate of drug-likeness (QED) is 0.675. The van der Waals surface area contributed by atoms with Gasteiger partial charge in [-0.25, -0.2) is 4.39 Å². The first kappa shape index (κ1) is 17.7. The van der Waals surface area contributed by atoms with Crippen molar-refractivity contribution in [2.45, 2.75) is 31.7 Å². The number of carbonyl (C=O) groups excluding carboxylic acids is 2. The van der Waals surface area contributed by atoms with Crippen molar-refractivity contribution in [2.75, 3.05) is 13.2 Å². The zero-order chi connectivity index (χ0) is 16.8. The molecular formula is C16H20ClFN2O3. The third-order valence-electron chi connectivity index (χ3n) is 3.79. The molecule has 1 fully saturated rings. The minimum absolute atomic E-state index is 0.00902. The lowest BCUT2D eigenvalue weighted by molar-refractivity contribution is -0.121. The second kappa shape index (κ2) is 8.26. The predicted molar refractivity (Wildman–Crippen MR) is 84.7 cm³/mol. The van der Waals surface area contributed by atoms with Crippen LogP contribution in [0.3, 0.4) is 0 Å². The Bertz CT molecular complexity index is 578. The van der Waals surface area contributed by atoms with Crippen molar-refractivity contribution in [3.05, 3.63) is 34.6 Å². The standard InChI is InChI=1S/C16H20ClFN2O3/c17-13-9-11(18)3-4-12(13)16(23)19-7-5-15(22)20-14(6-8-21)10-1-2-10/h3-4,9-10,14,21H,1-2,5-8H2,(H,19,23)(H,20,22). The highest BCUT2D eigenvalue weighted by Gasteiger charge is 2.31. The molecule has 0 heterocycles. The fourth-order valence-electron chi connectivity index (χ4n) is 2.40. The molecule has 1 saturated carbocycles. The molecule has 0 radical (unpaired) electrons. The van der Waals surface area contributed by atoms with Gasteiger partial charge in [0.25, 0.3) is 5.91 Å². The van der Waals surface area contributed by atoms with Crippen LogP contribution < -0.4 is 10.6 Å². The summed E-state index contributed by atoms with van der Waals surface area (Å²) in [7, 11) is 0. The normalized spacial score (nSPS) is 15.1. The summed E-state index contributed by atoms with van der Waals surface area (Å²) >= 11 is 5.81. The summed E-state index contributed by atoms with van der Waals surface area (Å²) in [4.78, 5) is 23.8. The maximum atomic E-state index is 12.9. The van der Waals surface area contributed by atoms with Crippen LogP contribution in [-0.2, 0) is 4.79 Å². The van der Waals surface area contributed by atoms with Gasteiger partial charge in [0.05, 0.1) is 10.6 Å². The molecule has 1 aromatic carbocycles. The van der Waals surface area contributed by atoms with E-state index >= 15 is 0 Å². The maximum Gasteiger partial charge on any atom is 0.252 e. The summed E-state index contributed by atoms with van der Waals surface area (Å²) in [5, 5.41) is 14.5. The number of aliphatic hydroxyl groups is 1. The molecule has 1 unspecified atom stereocenters. The van der Waals surface area contributed by atoms with Gasteiger partial charge >= 0.3 is 0 Å². The van der Waals surface area contributed by atoms with Gasteiger partial charge in [-0.15, -0.1) is 0 Å². The Morgan fingerprint density at radius 3 is 2.74 bits per heavy atom. The van der Waals surface area contributed by atoms with Gasteiger partial charge in [-0.2, -0.15) is 0 Å². The van der Waals surface area contributed by atoms with Gasteiger partial charge in [-0.3, -0.25) is 9.59 Å². The smallest absolute Gasteiger partial charge is 0.252 e. The van der Waals surface area contributed by atoms with Gasteiger partial charge in [0.1, 0.15) is 5.82 Å². The van der Waals surface area contributed by atoms with E-state index in [1.807, 2.05) is 0 Å². The van der Waals surface area contributed by atoms with Crippen molar-refractivity contribution in [2.24, 2.45) is 5.92 Å². The molecule has 0 bridgehead atoms. The fourth-order valence-corrected chi connectivity index (χ4v) is 2.65. The van der Waals surface area contributed by atoms with E-state index in [9.17, 15) is 14.0 Å². The van der Waals surface area contributed by atoms with Crippen LogP contribution in [0.5, 0.6) is 0 Å². The van der Waals surface area contributed by atoms with Crippen molar-refractivity contribution in [1.29, 1.82) is 0 Å². The molecule has 2 rings (SSSR count). The zero-order valence-corrected chi connectivity index (χ0v) is 13.4. The minimum atomic E-state index is -0.513. The van der Waals surface area contributed by atoms with Crippen LogP contribution in [0.4, 0.5) is 4.39 Å². The van der Waals surface area contributed by atoms with Crippen LogP contribution >= 0.6 is 11.6 Å². The van der Waals surface area contributed by atoms with Crippen LogP contribution in [0.25, 0.3) is 0 Å². The highest BCUT2D eigenvalue weighted by Crippen LogP contribution is 2.33. The molecule has 5 nitrogen and oxygen atoms in total. The molecule has 1 aromatic rings. The van der Waals surface area contributed by atoms with Gasteiger partial charge in [0.15, 0.2) is 0 Å². The number of hydrogen-bond donors (Lipinski definition) is 3. The first-order chi connectivity index (χ1) is 11.0. The molecule has 23 heavy (non-hydrogen) atoms. The molecule has 1 aliphatic carbocycles. The zero-order valence-electron chi connectivity index (χ0n) is 12.6. The summed E-state index contributed by atoms with van der Waals surface area (Å²) in [6, 6.07) is 3.54. The molecule has 0 saturated heterocycles. The van der Waals surface area contributed by atoms with Crippen molar-refractivity contribution in [1.82, 2.24) is 10.6 Å². The molecule has 1 aliphatic rings. The Kier molecular flexibility index (Phi) is 6.36. The van der Waals surface area contributed by atoms with E-state index in [2.05, 4.69) is 10.6 Å². The first-order valence-electron chi connectivity index (χ1n) is 7.64. The largest absolute Gasteiger partial charge is 0.396 e. The Morgan fingerprint density at radius 2 is 2.13 bits per heavy atom. The molecule has 126 valence electrons. The summed E-state index contributed by atoms with van der Waals surface area (Å²) in [6.45, 7) is 0.204. The van der Waals surface area contributed by atoms with E-state index in [4.69, 9.17) is 16.7 Å². The minimum Gasteiger partial charge on any atom is -0.396 e. The number of hydrogen-bond acceptors (Lipinski definition) is 3. The predicted octanol–water partition coefficient (Wildman–Crippen LogP) is 1.88. The highest BCUT2D eigenvalue weighted by molar-refractivity contribution is 6.33. The van der Waals surface area contributed by atoms with Crippen molar-refractivity contribution < 1.29 is 19.1 Å². The topological polar surface area (TPSA) is 78.4 Å². The van der Waals surface area contributed by atoms with Gasteiger partial charge in [-0.1, -0.05) is 11.6 Å². The number of rotatable bonds is 8. The maximum absolute atomic E-state index is 12.9. The molecule has 3 N–H and O–H groups in total. The van der Waals surface area contributed by atoms with E-state index in [1.165, 1.54) is 6.07 Å². The molecule has 0 aliphatic heterocycles. The van der Waals surface area contributed by atoms with E-state index in [0.29, 0.717) is 12.3 Å². The van der Waals surface area contributed by atoms with Crippen LogP contribution in [0.15, 0.2) is 18.2 Å². The lowest BCUT2D eigenvalue weighted by Crippen LogP contribution is -2.39. The number of benzene rings is 1. The summed E-state index contributed by atoms with van der Waals surface area (Å²) in [5.41, 5.74) is 0.171. The Morgan fingerprint density at radius 1 is 1.39 bits per heavy atom. The summed E-state index contributed by atoms with van der Waals surface area (Å²) in [5.74, 6) is -0.669. The van der Waals surface area contributed by atoms with Crippen molar-refractivity contribution in [3.8, 4) is 0 Å². The Balaban J connectivity index is 1.75. The average Bonchev–Trinajstić information content (AvgIpc) is 3.31. The van der Waals surface area contributed by atoms with Gasteiger partial charge in [-0.05, 0) is 43.4 Å². The number of amides is 2. The first-order valence-corrected chi connectivity index (χ1v) is 8.02.